The second-order valence-corrected chi connectivity index (χ2v) is 4.04. The zero-order chi connectivity index (χ0) is 14.3. The van der Waals surface area contributed by atoms with Crippen LogP contribution in [0.4, 0.5) is 0 Å². The second kappa shape index (κ2) is 7.17. The number of rotatable bonds is 6. The first-order valence-electron chi connectivity index (χ1n) is 6.04. The molecule has 0 radical (unpaired) electrons. The van der Waals surface area contributed by atoms with E-state index in [9.17, 15) is 9.59 Å². The van der Waals surface area contributed by atoms with Gasteiger partial charge in [0.05, 0.1) is 6.07 Å². The molecule has 1 atom stereocenters. The zero-order valence-corrected chi connectivity index (χ0v) is 11.0. The Balaban J connectivity index is 2.67. The van der Waals surface area contributed by atoms with Gasteiger partial charge in [0.15, 0.2) is 11.7 Å². The maximum atomic E-state index is 11.7. The van der Waals surface area contributed by atoms with Gasteiger partial charge < -0.3 is 9.73 Å². The van der Waals surface area contributed by atoms with Crippen LogP contribution in [0.15, 0.2) is 22.6 Å². The molecular weight excluding hydrogens is 244 g/mol. The standard InChI is InChI=1S/C14H16N2O3/c1-3-8-16-14(18)12(9-15)13(17)7-6-11-5-4-10(2)19-11/h4-7,12H,3,8H2,1-2H3,(H,16,18). The summed E-state index contributed by atoms with van der Waals surface area (Å²) in [4.78, 5) is 23.3. The van der Waals surface area contributed by atoms with Gasteiger partial charge >= 0.3 is 0 Å². The molecule has 1 heterocycles. The molecule has 0 aliphatic rings. The monoisotopic (exact) mass is 260 g/mol. The SMILES string of the molecule is CCCNC(=O)C(C#N)C(=O)C=Cc1ccc(C)o1. The van der Waals surface area contributed by atoms with Crippen LogP contribution in [-0.4, -0.2) is 18.2 Å². The van der Waals surface area contributed by atoms with Crippen molar-refractivity contribution in [3.05, 3.63) is 29.7 Å². The summed E-state index contributed by atoms with van der Waals surface area (Å²) in [6.45, 7) is 4.13. The van der Waals surface area contributed by atoms with E-state index in [-0.39, 0.29) is 0 Å². The van der Waals surface area contributed by atoms with Crippen molar-refractivity contribution in [3.8, 4) is 6.07 Å². The van der Waals surface area contributed by atoms with E-state index in [0.717, 1.165) is 12.2 Å². The summed E-state index contributed by atoms with van der Waals surface area (Å²) in [5, 5.41) is 11.4. The zero-order valence-electron chi connectivity index (χ0n) is 11.0. The van der Waals surface area contributed by atoms with Gasteiger partial charge in [-0.05, 0) is 37.6 Å². The van der Waals surface area contributed by atoms with E-state index >= 15 is 0 Å². The first-order chi connectivity index (χ1) is 9.08. The number of nitrogens with zero attached hydrogens (tertiary/aromatic N) is 1. The molecule has 0 aliphatic carbocycles. The van der Waals surface area contributed by atoms with Gasteiger partial charge in [0.2, 0.25) is 5.91 Å². The third-order valence-corrected chi connectivity index (χ3v) is 2.40. The Labute approximate surface area is 111 Å². The van der Waals surface area contributed by atoms with E-state index in [1.54, 1.807) is 25.1 Å². The molecule has 0 aliphatic heterocycles. The maximum Gasteiger partial charge on any atom is 0.245 e. The molecule has 1 N–H and O–H groups in total. The van der Waals surface area contributed by atoms with Gasteiger partial charge in [-0.15, -0.1) is 0 Å². The topological polar surface area (TPSA) is 83.1 Å². The Morgan fingerprint density at radius 3 is 2.79 bits per heavy atom. The van der Waals surface area contributed by atoms with E-state index in [1.807, 2.05) is 6.92 Å². The van der Waals surface area contributed by atoms with Crippen molar-refractivity contribution in [1.29, 1.82) is 5.26 Å². The molecule has 5 heteroatoms. The minimum atomic E-state index is -1.31. The minimum Gasteiger partial charge on any atom is -0.462 e. The normalized spacial score (nSPS) is 12.1. The molecule has 1 aromatic rings. The van der Waals surface area contributed by atoms with Crippen molar-refractivity contribution < 1.29 is 14.0 Å². The first-order valence-corrected chi connectivity index (χ1v) is 6.04. The van der Waals surface area contributed by atoms with Crippen LogP contribution < -0.4 is 5.32 Å². The quantitative estimate of drug-likeness (QED) is 0.625. The summed E-state index contributed by atoms with van der Waals surface area (Å²) in [6.07, 6.45) is 3.39. The number of nitrogens with one attached hydrogen (secondary N) is 1. The molecule has 19 heavy (non-hydrogen) atoms. The molecule has 0 bridgehead atoms. The highest BCUT2D eigenvalue weighted by atomic mass is 16.3. The van der Waals surface area contributed by atoms with Crippen LogP contribution in [0.2, 0.25) is 0 Å². The van der Waals surface area contributed by atoms with Gasteiger partial charge in [0, 0.05) is 6.54 Å². The fourth-order valence-electron chi connectivity index (χ4n) is 1.41. The maximum absolute atomic E-state index is 11.7. The highest BCUT2D eigenvalue weighted by Gasteiger charge is 2.23. The summed E-state index contributed by atoms with van der Waals surface area (Å²) in [6, 6.07) is 5.18. The second-order valence-electron chi connectivity index (χ2n) is 4.04. The molecule has 1 unspecified atom stereocenters. The Bertz CT molecular complexity index is 523. The lowest BCUT2D eigenvalue weighted by atomic mass is 10.0. The van der Waals surface area contributed by atoms with Crippen molar-refractivity contribution in [2.24, 2.45) is 5.92 Å². The number of aryl methyl sites for hydroxylation is 1. The Hall–Kier alpha value is -2.35. The van der Waals surface area contributed by atoms with Gasteiger partial charge in [0.25, 0.3) is 0 Å². The average Bonchev–Trinajstić information content (AvgIpc) is 2.80. The van der Waals surface area contributed by atoms with Crippen molar-refractivity contribution in [2.75, 3.05) is 6.54 Å². The third kappa shape index (κ3) is 4.43. The molecule has 0 saturated heterocycles. The molecule has 1 amide bonds. The predicted octanol–water partition coefficient (Wildman–Crippen LogP) is 1.84. The predicted molar refractivity (Wildman–Crippen MR) is 69.9 cm³/mol. The summed E-state index contributed by atoms with van der Waals surface area (Å²) < 4.78 is 5.25. The molecule has 5 nitrogen and oxygen atoms in total. The van der Waals surface area contributed by atoms with E-state index < -0.39 is 17.6 Å². The molecular formula is C14H16N2O3. The van der Waals surface area contributed by atoms with Gasteiger partial charge in [-0.1, -0.05) is 6.92 Å². The van der Waals surface area contributed by atoms with E-state index in [4.69, 9.17) is 9.68 Å². The van der Waals surface area contributed by atoms with Crippen LogP contribution in [0.3, 0.4) is 0 Å². The van der Waals surface area contributed by atoms with Crippen LogP contribution in [0.5, 0.6) is 0 Å². The molecule has 0 saturated carbocycles. The minimum absolute atomic E-state index is 0.450. The van der Waals surface area contributed by atoms with Gasteiger partial charge in [-0.2, -0.15) is 5.26 Å². The molecule has 1 rings (SSSR count). The van der Waals surface area contributed by atoms with Gasteiger partial charge in [-0.3, -0.25) is 9.59 Å². The van der Waals surface area contributed by atoms with Crippen molar-refractivity contribution in [3.63, 3.8) is 0 Å². The first kappa shape index (κ1) is 14.7. The van der Waals surface area contributed by atoms with Crippen LogP contribution in [0.1, 0.15) is 24.9 Å². The highest BCUT2D eigenvalue weighted by molar-refractivity contribution is 6.10. The molecule has 1 aromatic heterocycles. The number of hydrogen-bond acceptors (Lipinski definition) is 4. The highest BCUT2D eigenvalue weighted by Crippen LogP contribution is 2.09. The number of hydrogen-bond donors (Lipinski definition) is 1. The average molecular weight is 260 g/mol. The molecule has 100 valence electrons. The Morgan fingerprint density at radius 1 is 1.53 bits per heavy atom. The molecule has 0 aromatic carbocycles. The van der Waals surface area contributed by atoms with E-state index in [1.165, 1.54) is 12.2 Å². The fraction of sp³-hybridized carbons (Fsp3) is 0.357. The summed E-state index contributed by atoms with van der Waals surface area (Å²) in [5.74, 6) is -1.18. The Morgan fingerprint density at radius 2 is 2.26 bits per heavy atom. The van der Waals surface area contributed by atoms with Crippen molar-refractivity contribution in [1.82, 2.24) is 5.32 Å². The number of allylic oxidation sites excluding steroid dienone is 1. The van der Waals surface area contributed by atoms with Crippen LogP contribution in [-0.2, 0) is 9.59 Å². The van der Waals surface area contributed by atoms with Crippen molar-refractivity contribution in [2.45, 2.75) is 20.3 Å². The summed E-state index contributed by atoms with van der Waals surface area (Å²) >= 11 is 0. The summed E-state index contributed by atoms with van der Waals surface area (Å²) in [5.41, 5.74) is 0. The van der Waals surface area contributed by atoms with Gasteiger partial charge in [0.1, 0.15) is 11.5 Å². The fourth-order valence-corrected chi connectivity index (χ4v) is 1.41. The number of carbonyl (C=O) groups excluding carboxylic acids is 2. The van der Waals surface area contributed by atoms with E-state index in [2.05, 4.69) is 5.32 Å². The lowest BCUT2D eigenvalue weighted by Crippen LogP contribution is -2.34. The van der Waals surface area contributed by atoms with Crippen molar-refractivity contribution >= 4 is 17.8 Å². The summed E-state index contributed by atoms with van der Waals surface area (Å²) in [7, 11) is 0. The molecule has 0 fully saturated rings. The largest absolute Gasteiger partial charge is 0.462 e. The number of furan rings is 1. The van der Waals surface area contributed by atoms with E-state index in [0.29, 0.717) is 12.3 Å². The number of nitriles is 1. The lowest BCUT2D eigenvalue weighted by molar-refractivity contribution is -0.129. The lowest BCUT2D eigenvalue weighted by Gasteiger charge is -2.05. The van der Waals surface area contributed by atoms with Crippen LogP contribution >= 0.6 is 0 Å². The smallest absolute Gasteiger partial charge is 0.245 e. The van der Waals surface area contributed by atoms with Crippen LogP contribution in [0, 0.1) is 24.2 Å². The number of ketones is 1. The Kier molecular flexibility index (Phi) is 5.55. The van der Waals surface area contributed by atoms with Crippen LogP contribution in [0.25, 0.3) is 6.08 Å². The third-order valence-electron chi connectivity index (χ3n) is 2.40. The number of amides is 1. The molecule has 0 spiro atoms. The van der Waals surface area contributed by atoms with Gasteiger partial charge in [-0.25, -0.2) is 0 Å². The number of carbonyl (C=O) groups is 2.